The highest BCUT2D eigenvalue weighted by molar-refractivity contribution is 7.85. The van der Waals surface area contributed by atoms with Crippen molar-refractivity contribution in [3.63, 3.8) is 0 Å². The standard InChI is InChI=1S/C56H40N4OS/c1-35-27-31-48-45(33-35)56(43-22-10-12-24-47(43)59(48)39-17-3-2-4-18-39)42-21-9-7-19-40(42)52-44(56)30-32-50-54(52)62(61)51-26-14-13-25-49(51)60(50)55-57-46-23-11-8-20-41(46)53(58-55)38-29-28-36-15-5-6-16-37(36)34-38/h2-14,16-32,34-36H,15,33H2,1H3. The van der Waals surface area contributed by atoms with E-state index in [1.54, 1.807) is 0 Å². The Bertz CT molecular complexity index is 3320. The zero-order valence-corrected chi connectivity index (χ0v) is 34.9. The Kier molecular flexibility index (Phi) is 7.71. The molecule has 4 aliphatic carbocycles. The minimum absolute atomic E-state index is 0.337. The molecule has 3 heterocycles. The van der Waals surface area contributed by atoms with Gasteiger partial charge in [0.05, 0.1) is 54.3 Å². The third kappa shape index (κ3) is 4.87. The highest BCUT2D eigenvalue weighted by Gasteiger charge is 2.54. The molecule has 0 saturated heterocycles. The second kappa shape index (κ2) is 13.4. The van der Waals surface area contributed by atoms with Crippen molar-refractivity contribution in [2.45, 2.75) is 35.0 Å². The van der Waals surface area contributed by atoms with E-state index in [2.05, 4.69) is 181 Å². The molecule has 5 nitrogen and oxygen atoms in total. The summed E-state index contributed by atoms with van der Waals surface area (Å²) < 4.78 is 15.6. The van der Waals surface area contributed by atoms with Crippen LogP contribution in [-0.4, -0.2) is 14.2 Å². The fourth-order valence-electron chi connectivity index (χ4n) is 11.1. The first-order chi connectivity index (χ1) is 30.6. The molecule has 13 rings (SSSR count). The highest BCUT2D eigenvalue weighted by atomic mass is 32.2. The molecule has 6 aliphatic rings. The summed E-state index contributed by atoms with van der Waals surface area (Å²) >= 11 is 0. The third-order valence-electron chi connectivity index (χ3n) is 13.7. The van der Waals surface area contributed by atoms with E-state index in [-0.39, 0.29) is 0 Å². The van der Waals surface area contributed by atoms with Crippen LogP contribution in [0.25, 0.3) is 27.6 Å². The zero-order chi connectivity index (χ0) is 41.1. The van der Waals surface area contributed by atoms with E-state index in [0.717, 1.165) is 78.7 Å². The maximum atomic E-state index is 15.6. The number of nitrogens with zero attached hydrogens (tertiary/aromatic N) is 4. The Morgan fingerprint density at radius 1 is 0.694 bits per heavy atom. The van der Waals surface area contributed by atoms with Gasteiger partial charge >= 0.3 is 0 Å². The van der Waals surface area contributed by atoms with Crippen LogP contribution < -0.4 is 9.80 Å². The van der Waals surface area contributed by atoms with E-state index in [0.29, 0.717) is 17.8 Å². The van der Waals surface area contributed by atoms with Crippen LogP contribution in [-0.2, 0) is 16.2 Å². The summed E-state index contributed by atoms with van der Waals surface area (Å²) in [5, 5.41) is 0.997. The van der Waals surface area contributed by atoms with Gasteiger partial charge in [0.2, 0.25) is 5.95 Å². The molecule has 6 aromatic carbocycles. The van der Waals surface area contributed by atoms with Crippen LogP contribution in [0.2, 0.25) is 0 Å². The molecule has 0 saturated carbocycles. The lowest BCUT2D eigenvalue weighted by Gasteiger charge is -2.48. The van der Waals surface area contributed by atoms with Gasteiger partial charge < -0.3 is 4.90 Å². The molecule has 0 bridgehead atoms. The Morgan fingerprint density at radius 2 is 1.47 bits per heavy atom. The van der Waals surface area contributed by atoms with Crippen molar-refractivity contribution in [2.24, 2.45) is 11.8 Å². The van der Waals surface area contributed by atoms with Gasteiger partial charge in [-0.3, -0.25) is 4.90 Å². The Morgan fingerprint density at radius 3 is 2.37 bits per heavy atom. The smallest absolute Gasteiger partial charge is 0.235 e. The average Bonchev–Trinajstić information content (AvgIpc) is 3.62. The van der Waals surface area contributed by atoms with Gasteiger partial charge in [-0.05, 0) is 107 Å². The predicted molar refractivity (Wildman–Crippen MR) is 252 cm³/mol. The van der Waals surface area contributed by atoms with Crippen LogP contribution in [0.3, 0.4) is 0 Å². The number of hydrogen-bond acceptors (Lipinski definition) is 5. The summed E-state index contributed by atoms with van der Waals surface area (Å²) in [6.45, 7) is 2.32. The van der Waals surface area contributed by atoms with Gasteiger partial charge in [-0.25, -0.2) is 14.2 Å². The maximum absolute atomic E-state index is 15.6. The largest absolute Gasteiger partial charge is 0.310 e. The molecule has 2 aliphatic heterocycles. The van der Waals surface area contributed by atoms with E-state index < -0.39 is 16.2 Å². The molecular formula is C56H40N4OS. The molecule has 62 heavy (non-hydrogen) atoms. The van der Waals surface area contributed by atoms with Crippen LogP contribution in [0.15, 0.2) is 215 Å². The highest BCUT2D eigenvalue weighted by Crippen LogP contribution is 2.66. The van der Waals surface area contributed by atoms with E-state index in [9.17, 15) is 0 Å². The summed E-state index contributed by atoms with van der Waals surface area (Å²) in [4.78, 5) is 17.0. The maximum Gasteiger partial charge on any atom is 0.235 e. The first-order valence-corrected chi connectivity index (χ1v) is 22.7. The van der Waals surface area contributed by atoms with Gasteiger partial charge in [-0.15, -0.1) is 0 Å². The molecule has 4 atom stereocenters. The number of anilines is 5. The van der Waals surface area contributed by atoms with Crippen molar-refractivity contribution in [2.75, 3.05) is 9.80 Å². The molecule has 296 valence electrons. The molecule has 0 N–H and O–H groups in total. The second-order valence-corrected chi connectivity index (χ2v) is 18.5. The van der Waals surface area contributed by atoms with Crippen molar-refractivity contribution >= 4 is 56.0 Å². The van der Waals surface area contributed by atoms with Crippen LogP contribution in [0.1, 0.15) is 42.1 Å². The lowest BCUT2D eigenvalue weighted by Crippen LogP contribution is -2.40. The minimum Gasteiger partial charge on any atom is -0.310 e. The van der Waals surface area contributed by atoms with E-state index >= 15 is 4.21 Å². The predicted octanol–water partition coefficient (Wildman–Crippen LogP) is 13.4. The third-order valence-corrected chi connectivity index (χ3v) is 15.2. The van der Waals surface area contributed by atoms with Crippen molar-refractivity contribution in [1.82, 2.24) is 9.97 Å². The van der Waals surface area contributed by atoms with Gasteiger partial charge in [-0.2, -0.15) is 0 Å². The molecule has 1 spiro atoms. The Balaban J connectivity index is 1.09. The molecule has 1 aromatic heterocycles. The molecule has 6 heteroatoms. The van der Waals surface area contributed by atoms with Crippen LogP contribution in [0, 0.1) is 11.8 Å². The number of benzene rings is 6. The van der Waals surface area contributed by atoms with Crippen molar-refractivity contribution in [1.29, 1.82) is 0 Å². The number of para-hydroxylation sites is 4. The Labute approximate surface area is 363 Å². The summed E-state index contributed by atoms with van der Waals surface area (Å²) in [6, 6.07) is 49.4. The molecule has 0 fully saturated rings. The number of aromatic nitrogens is 2. The molecule has 0 radical (unpaired) electrons. The van der Waals surface area contributed by atoms with Crippen molar-refractivity contribution < 1.29 is 4.21 Å². The fraction of sp³-hybridized carbons (Fsp3) is 0.107. The molecular weight excluding hydrogens is 777 g/mol. The lowest BCUT2D eigenvalue weighted by atomic mass is 9.61. The fourth-order valence-corrected chi connectivity index (χ4v) is 12.6. The number of hydrogen-bond donors (Lipinski definition) is 0. The van der Waals surface area contributed by atoms with E-state index in [1.165, 1.54) is 33.5 Å². The first-order valence-electron chi connectivity index (χ1n) is 21.6. The van der Waals surface area contributed by atoms with Gasteiger partial charge in [0.1, 0.15) is 0 Å². The monoisotopic (exact) mass is 816 g/mol. The SMILES string of the molecule is CC1C=CC2=C(C1)C1(c3ccccc3-c3c1ccc1c3S(=O)c3ccccc3N1c1nc(C3=CC4=CC=CCC4C=C3)c3ccccc3n1)c1ccccc1N2c1ccccc1. The van der Waals surface area contributed by atoms with Gasteiger partial charge in [0.15, 0.2) is 0 Å². The van der Waals surface area contributed by atoms with E-state index in [4.69, 9.17) is 9.97 Å². The summed E-state index contributed by atoms with van der Waals surface area (Å²) in [7, 11) is -1.52. The van der Waals surface area contributed by atoms with Gasteiger partial charge in [0.25, 0.3) is 0 Å². The molecule has 7 aromatic rings. The topological polar surface area (TPSA) is 49.3 Å². The first kappa shape index (κ1) is 35.6. The zero-order valence-electron chi connectivity index (χ0n) is 34.1. The number of allylic oxidation sites excluding steroid dienone is 11. The number of rotatable bonds is 3. The minimum atomic E-state index is -1.52. The van der Waals surface area contributed by atoms with Crippen LogP contribution in [0.4, 0.5) is 28.7 Å². The summed E-state index contributed by atoms with van der Waals surface area (Å²) in [6.07, 6.45) is 20.0. The van der Waals surface area contributed by atoms with E-state index in [1.807, 2.05) is 24.3 Å². The normalized spacial score (nSPS) is 22.3. The summed E-state index contributed by atoms with van der Waals surface area (Å²) in [5.41, 5.74) is 15.8. The molecule has 4 unspecified atom stereocenters. The van der Waals surface area contributed by atoms with Crippen molar-refractivity contribution in [3.05, 3.63) is 227 Å². The quantitative estimate of drug-likeness (QED) is 0.178. The van der Waals surface area contributed by atoms with Crippen LogP contribution in [0.5, 0.6) is 0 Å². The van der Waals surface area contributed by atoms with Crippen molar-refractivity contribution in [3.8, 4) is 11.1 Å². The van der Waals surface area contributed by atoms with Gasteiger partial charge in [0, 0.05) is 33.8 Å². The second-order valence-electron chi connectivity index (χ2n) is 17.1. The lowest BCUT2D eigenvalue weighted by molar-refractivity contribution is 0.595. The average molecular weight is 817 g/mol. The van der Waals surface area contributed by atoms with Crippen LogP contribution >= 0.6 is 0 Å². The molecule has 0 amide bonds. The number of fused-ring (bicyclic) bond motifs is 13. The Hall–Kier alpha value is -7.15. The van der Waals surface area contributed by atoms with Gasteiger partial charge in [-0.1, -0.05) is 140 Å². The summed E-state index contributed by atoms with van der Waals surface area (Å²) in [5.74, 6) is 1.26.